The number of anilines is 1. The Morgan fingerprint density at radius 3 is 2.61 bits per heavy atom. The molecule has 0 aliphatic heterocycles. The van der Waals surface area contributed by atoms with Gasteiger partial charge in [-0.05, 0) is 37.1 Å². The first-order valence-corrected chi connectivity index (χ1v) is 11.5. The number of aromatic amines is 1. The molecule has 0 saturated carbocycles. The lowest BCUT2D eigenvalue weighted by molar-refractivity contribution is -0.113. The van der Waals surface area contributed by atoms with E-state index in [1.165, 1.54) is 30.2 Å². The second-order valence-electron chi connectivity index (χ2n) is 7.11. The molecule has 2 N–H and O–H groups in total. The summed E-state index contributed by atoms with van der Waals surface area (Å²) < 4.78 is 4.97. The third kappa shape index (κ3) is 4.65. The number of hydrogen-bond donors (Lipinski definition) is 2. The van der Waals surface area contributed by atoms with Crippen molar-refractivity contribution in [3.8, 4) is 11.1 Å². The zero-order chi connectivity index (χ0) is 22.0. The topological polar surface area (TPSA) is 84.1 Å². The Morgan fingerprint density at radius 1 is 1.13 bits per heavy atom. The summed E-state index contributed by atoms with van der Waals surface area (Å²) in [5, 5.41) is 5.88. The van der Waals surface area contributed by atoms with Gasteiger partial charge in [0.25, 0.3) is 0 Å². The second kappa shape index (κ2) is 8.95. The molecular formula is C23H21N3O3S2. The molecule has 0 unspecified atom stereocenters. The van der Waals surface area contributed by atoms with Crippen LogP contribution >= 0.6 is 23.1 Å². The SMILES string of the molecule is COC(=O)c1c(-c2ccc(C)cc2)csc1NC(=O)CSc1nc2ccc(C)cc2[nH]1. The zero-order valence-electron chi connectivity index (χ0n) is 17.3. The number of nitrogens with one attached hydrogen (secondary N) is 2. The van der Waals surface area contributed by atoms with Gasteiger partial charge in [-0.15, -0.1) is 11.3 Å². The molecule has 2 aromatic heterocycles. The molecule has 0 atom stereocenters. The van der Waals surface area contributed by atoms with Gasteiger partial charge in [-0.2, -0.15) is 0 Å². The van der Waals surface area contributed by atoms with Crippen molar-refractivity contribution in [2.75, 3.05) is 18.2 Å². The van der Waals surface area contributed by atoms with Crippen molar-refractivity contribution in [2.45, 2.75) is 19.0 Å². The number of methoxy groups -OCH3 is 1. The molecule has 0 bridgehead atoms. The van der Waals surface area contributed by atoms with Crippen LogP contribution in [0.1, 0.15) is 21.5 Å². The van der Waals surface area contributed by atoms with Crippen LogP contribution in [-0.4, -0.2) is 34.7 Å². The van der Waals surface area contributed by atoms with E-state index in [1.54, 1.807) is 0 Å². The first kappa shape index (κ1) is 21.1. The minimum atomic E-state index is -0.479. The number of imidazole rings is 1. The van der Waals surface area contributed by atoms with E-state index in [0.717, 1.165) is 33.3 Å². The maximum atomic E-state index is 12.6. The largest absolute Gasteiger partial charge is 0.465 e. The summed E-state index contributed by atoms with van der Waals surface area (Å²) in [4.78, 5) is 32.8. The monoisotopic (exact) mass is 451 g/mol. The zero-order valence-corrected chi connectivity index (χ0v) is 18.9. The number of benzene rings is 2. The Kier molecular flexibility index (Phi) is 6.11. The van der Waals surface area contributed by atoms with Crippen molar-refractivity contribution < 1.29 is 14.3 Å². The minimum absolute atomic E-state index is 0.164. The summed E-state index contributed by atoms with van der Waals surface area (Å²) in [6.07, 6.45) is 0. The highest BCUT2D eigenvalue weighted by Gasteiger charge is 2.22. The van der Waals surface area contributed by atoms with Crippen LogP contribution in [0.2, 0.25) is 0 Å². The van der Waals surface area contributed by atoms with E-state index in [9.17, 15) is 9.59 Å². The summed E-state index contributed by atoms with van der Waals surface area (Å²) in [6.45, 7) is 4.02. The number of carbonyl (C=O) groups is 2. The average molecular weight is 452 g/mol. The van der Waals surface area contributed by atoms with E-state index in [0.29, 0.717) is 15.7 Å². The Bertz CT molecular complexity index is 1260. The van der Waals surface area contributed by atoms with E-state index in [2.05, 4.69) is 15.3 Å². The lowest BCUT2D eigenvalue weighted by atomic mass is 10.0. The average Bonchev–Trinajstić information content (AvgIpc) is 3.35. The molecule has 0 fully saturated rings. The molecule has 0 aliphatic rings. The number of nitrogens with zero attached hydrogens (tertiary/aromatic N) is 1. The van der Waals surface area contributed by atoms with Crippen LogP contribution in [0.15, 0.2) is 53.0 Å². The maximum absolute atomic E-state index is 12.6. The van der Waals surface area contributed by atoms with Crippen LogP contribution in [0.4, 0.5) is 5.00 Å². The molecule has 158 valence electrons. The number of H-pyrrole nitrogens is 1. The van der Waals surface area contributed by atoms with Crippen LogP contribution < -0.4 is 5.32 Å². The summed E-state index contributed by atoms with van der Waals surface area (Å²) >= 11 is 2.62. The van der Waals surface area contributed by atoms with Gasteiger partial charge < -0.3 is 15.0 Å². The number of carbonyl (C=O) groups excluding carboxylic acids is 2. The molecule has 2 heterocycles. The summed E-state index contributed by atoms with van der Waals surface area (Å²) in [6, 6.07) is 13.8. The molecule has 1 amide bonds. The first-order valence-electron chi connectivity index (χ1n) is 9.60. The van der Waals surface area contributed by atoms with E-state index in [1.807, 2.05) is 61.7 Å². The number of amides is 1. The van der Waals surface area contributed by atoms with E-state index in [4.69, 9.17) is 4.74 Å². The second-order valence-corrected chi connectivity index (χ2v) is 8.95. The molecule has 0 saturated heterocycles. The maximum Gasteiger partial charge on any atom is 0.341 e. The van der Waals surface area contributed by atoms with Crippen LogP contribution in [-0.2, 0) is 9.53 Å². The van der Waals surface area contributed by atoms with Gasteiger partial charge in [0, 0.05) is 10.9 Å². The molecule has 4 aromatic rings. The molecule has 0 spiro atoms. The van der Waals surface area contributed by atoms with Crippen LogP contribution in [0.25, 0.3) is 22.2 Å². The van der Waals surface area contributed by atoms with Gasteiger partial charge in [0.05, 0.1) is 23.9 Å². The smallest absolute Gasteiger partial charge is 0.341 e. The number of aryl methyl sites for hydroxylation is 2. The first-order chi connectivity index (χ1) is 14.9. The number of ether oxygens (including phenoxy) is 1. The van der Waals surface area contributed by atoms with Crippen LogP contribution in [0.5, 0.6) is 0 Å². The van der Waals surface area contributed by atoms with E-state index < -0.39 is 5.97 Å². The van der Waals surface area contributed by atoms with Gasteiger partial charge in [0.2, 0.25) is 5.91 Å². The number of esters is 1. The lowest BCUT2D eigenvalue weighted by Crippen LogP contribution is -2.16. The van der Waals surface area contributed by atoms with Crippen molar-refractivity contribution in [2.24, 2.45) is 0 Å². The number of hydrogen-bond acceptors (Lipinski definition) is 6. The number of thioether (sulfide) groups is 1. The van der Waals surface area contributed by atoms with Crippen molar-refractivity contribution in [1.29, 1.82) is 0 Å². The highest BCUT2D eigenvalue weighted by atomic mass is 32.2. The fourth-order valence-corrected chi connectivity index (χ4v) is 4.82. The number of thiophene rings is 1. The Hall–Kier alpha value is -3.10. The van der Waals surface area contributed by atoms with Crippen LogP contribution in [0, 0.1) is 13.8 Å². The third-order valence-corrected chi connectivity index (χ3v) is 6.52. The fourth-order valence-electron chi connectivity index (χ4n) is 3.17. The number of fused-ring (bicyclic) bond motifs is 1. The van der Waals surface area contributed by atoms with Crippen molar-refractivity contribution >= 4 is 51.0 Å². The van der Waals surface area contributed by atoms with Crippen molar-refractivity contribution in [3.63, 3.8) is 0 Å². The standard InChI is InChI=1S/C23H21N3O3S2/c1-13-4-7-15(8-5-13)16-11-30-21(20(16)22(28)29-3)26-19(27)12-31-23-24-17-9-6-14(2)10-18(17)25-23/h4-11H,12H2,1-3H3,(H,24,25)(H,26,27). The molecule has 6 nitrogen and oxygen atoms in total. The lowest BCUT2D eigenvalue weighted by Gasteiger charge is -2.08. The highest BCUT2D eigenvalue weighted by Crippen LogP contribution is 2.36. The summed E-state index contributed by atoms with van der Waals surface area (Å²) in [5.74, 6) is -0.534. The normalized spacial score (nSPS) is 10.9. The molecule has 0 aliphatic carbocycles. The molecule has 2 aromatic carbocycles. The molecular weight excluding hydrogens is 430 g/mol. The van der Waals surface area contributed by atoms with Gasteiger partial charge in [-0.3, -0.25) is 4.79 Å². The molecule has 8 heteroatoms. The third-order valence-electron chi connectivity index (χ3n) is 4.75. The van der Waals surface area contributed by atoms with E-state index in [-0.39, 0.29) is 11.7 Å². The Labute approximate surface area is 188 Å². The van der Waals surface area contributed by atoms with Gasteiger partial charge in [-0.25, -0.2) is 9.78 Å². The number of aromatic nitrogens is 2. The van der Waals surface area contributed by atoms with E-state index >= 15 is 0 Å². The molecule has 0 radical (unpaired) electrons. The Morgan fingerprint density at radius 2 is 1.87 bits per heavy atom. The van der Waals surface area contributed by atoms with Gasteiger partial charge in [-0.1, -0.05) is 47.7 Å². The highest BCUT2D eigenvalue weighted by molar-refractivity contribution is 7.99. The summed E-state index contributed by atoms with van der Waals surface area (Å²) in [7, 11) is 1.34. The van der Waals surface area contributed by atoms with Gasteiger partial charge >= 0.3 is 5.97 Å². The van der Waals surface area contributed by atoms with Gasteiger partial charge in [0.15, 0.2) is 5.16 Å². The van der Waals surface area contributed by atoms with Crippen molar-refractivity contribution in [1.82, 2.24) is 9.97 Å². The van der Waals surface area contributed by atoms with Crippen molar-refractivity contribution in [3.05, 3.63) is 64.5 Å². The molecule has 31 heavy (non-hydrogen) atoms. The predicted octanol–water partition coefficient (Wildman–Crippen LogP) is 5.43. The predicted molar refractivity (Wildman–Crippen MR) is 126 cm³/mol. The number of rotatable bonds is 6. The fraction of sp³-hybridized carbons (Fsp3) is 0.174. The van der Waals surface area contributed by atoms with Gasteiger partial charge in [0.1, 0.15) is 10.6 Å². The Balaban J connectivity index is 1.50. The minimum Gasteiger partial charge on any atom is -0.465 e. The molecule has 4 rings (SSSR count). The van der Waals surface area contributed by atoms with Crippen LogP contribution in [0.3, 0.4) is 0 Å². The summed E-state index contributed by atoms with van der Waals surface area (Å²) in [5.41, 5.74) is 6.09. The quantitative estimate of drug-likeness (QED) is 0.302.